The number of amides is 1. The first-order chi connectivity index (χ1) is 19.4. The van der Waals surface area contributed by atoms with Crippen molar-refractivity contribution in [2.24, 2.45) is 0 Å². The summed E-state index contributed by atoms with van der Waals surface area (Å²) in [6, 6.07) is 28.2. The summed E-state index contributed by atoms with van der Waals surface area (Å²) in [7, 11) is 0. The number of benzene rings is 4. The van der Waals surface area contributed by atoms with Crippen molar-refractivity contribution in [3.05, 3.63) is 113 Å². The standard InChI is InChI=1S/C32H28ClN3O3S/c1-3-20(2)23-12-16-29-28(17-23)34-31(39-29)24-11-15-26(33)27(18-24)35-32(40)36-30(37)22-9-13-25(14-10-22)38-19-21-7-5-4-6-8-21/h4-18,20H,3,19H2,1-2H3,(H2,35,36,37,40)/t20-/m1/s1. The second-order valence-electron chi connectivity index (χ2n) is 9.46. The summed E-state index contributed by atoms with van der Waals surface area (Å²) < 4.78 is 11.8. The number of fused-ring (bicyclic) bond motifs is 1. The zero-order chi connectivity index (χ0) is 28.1. The third-order valence-electron chi connectivity index (χ3n) is 6.65. The highest BCUT2D eigenvalue weighted by atomic mass is 35.5. The molecule has 1 amide bonds. The van der Waals surface area contributed by atoms with Crippen LogP contribution in [0.5, 0.6) is 5.75 Å². The van der Waals surface area contributed by atoms with E-state index >= 15 is 0 Å². The Morgan fingerprint density at radius 3 is 2.55 bits per heavy atom. The lowest BCUT2D eigenvalue weighted by atomic mass is 9.98. The van der Waals surface area contributed by atoms with Gasteiger partial charge < -0.3 is 14.5 Å². The summed E-state index contributed by atoms with van der Waals surface area (Å²) in [5.41, 5.74) is 5.51. The van der Waals surface area contributed by atoms with Gasteiger partial charge in [-0.1, -0.05) is 61.8 Å². The van der Waals surface area contributed by atoms with E-state index in [4.69, 9.17) is 33.0 Å². The highest BCUT2D eigenvalue weighted by Gasteiger charge is 2.14. The first kappa shape index (κ1) is 27.4. The first-order valence-corrected chi connectivity index (χ1v) is 13.8. The molecule has 8 heteroatoms. The Morgan fingerprint density at radius 2 is 1.80 bits per heavy atom. The average Bonchev–Trinajstić information content (AvgIpc) is 3.41. The smallest absolute Gasteiger partial charge is 0.257 e. The van der Waals surface area contributed by atoms with Crippen LogP contribution in [-0.2, 0) is 6.61 Å². The largest absolute Gasteiger partial charge is 0.489 e. The van der Waals surface area contributed by atoms with Gasteiger partial charge in [0.05, 0.1) is 10.7 Å². The van der Waals surface area contributed by atoms with Gasteiger partial charge >= 0.3 is 0 Å². The lowest BCUT2D eigenvalue weighted by Gasteiger charge is -2.12. The van der Waals surface area contributed by atoms with E-state index < -0.39 is 0 Å². The molecule has 0 spiro atoms. The molecular weight excluding hydrogens is 542 g/mol. The van der Waals surface area contributed by atoms with Crippen molar-refractivity contribution >= 4 is 51.6 Å². The minimum Gasteiger partial charge on any atom is -0.489 e. The molecule has 0 aliphatic rings. The van der Waals surface area contributed by atoms with E-state index in [9.17, 15) is 4.79 Å². The summed E-state index contributed by atoms with van der Waals surface area (Å²) in [6.45, 7) is 4.80. The minimum absolute atomic E-state index is 0.115. The van der Waals surface area contributed by atoms with Crippen molar-refractivity contribution in [2.75, 3.05) is 5.32 Å². The molecule has 0 saturated heterocycles. The van der Waals surface area contributed by atoms with Crippen molar-refractivity contribution in [1.29, 1.82) is 0 Å². The van der Waals surface area contributed by atoms with Gasteiger partial charge in [-0.2, -0.15) is 0 Å². The van der Waals surface area contributed by atoms with Crippen LogP contribution >= 0.6 is 23.8 Å². The predicted molar refractivity (Wildman–Crippen MR) is 164 cm³/mol. The second-order valence-corrected chi connectivity index (χ2v) is 10.3. The van der Waals surface area contributed by atoms with E-state index in [1.165, 1.54) is 5.56 Å². The van der Waals surface area contributed by atoms with Gasteiger partial charge in [0, 0.05) is 11.1 Å². The fraction of sp³-hybridized carbons (Fsp3) is 0.156. The average molecular weight is 570 g/mol. The Bertz CT molecular complexity index is 1650. The van der Waals surface area contributed by atoms with E-state index in [0.717, 1.165) is 23.1 Å². The zero-order valence-electron chi connectivity index (χ0n) is 22.1. The highest BCUT2D eigenvalue weighted by molar-refractivity contribution is 7.80. The Morgan fingerprint density at radius 1 is 1.02 bits per heavy atom. The third-order valence-corrected chi connectivity index (χ3v) is 7.18. The van der Waals surface area contributed by atoms with Crippen molar-refractivity contribution in [2.45, 2.75) is 32.8 Å². The maximum atomic E-state index is 12.8. The molecule has 0 aliphatic heterocycles. The SMILES string of the molecule is CC[C@@H](C)c1ccc2oc(-c3ccc(Cl)c(NC(=S)NC(=O)c4ccc(OCc5ccccc5)cc4)c3)nc2c1. The second kappa shape index (κ2) is 12.3. The number of thiocarbonyl (C=S) groups is 1. The van der Waals surface area contributed by atoms with Crippen molar-refractivity contribution in [3.8, 4) is 17.2 Å². The van der Waals surface area contributed by atoms with Crippen molar-refractivity contribution in [1.82, 2.24) is 10.3 Å². The fourth-order valence-corrected chi connectivity index (χ4v) is 4.50. The van der Waals surface area contributed by atoms with Gasteiger partial charge in [0.1, 0.15) is 17.9 Å². The molecule has 2 N–H and O–H groups in total. The minimum atomic E-state index is -0.351. The number of oxazole rings is 1. The zero-order valence-corrected chi connectivity index (χ0v) is 23.7. The van der Waals surface area contributed by atoms with Gasteiger partial charge in [-0.15, -0.1) is 0 Å². The molecule has 0 bridgehead atoms. The summed E-state index contributed by atoms with van der Waals surface area (Å²) in [6.07, 6.45) is 1.05. The molecule has 6 nitrogen and oxygen atoms in total. The Balaban J connectivity index is 1.23. The molecule has 1 aromatic heterocycles. The molecule has 5 aromatic rings. The fourth-order valence-electron chi connectivity index (χ4n) is 4.14. The number of nitrogens with zero attached hydrogens (tertiary/aromatic N) is 1. The number of hydrogen-bond donors (Lipinski definition) is 2. The molecule has 0 unspecified atom stereocenters. The molecule has 4 aromatic carbocycles. The number of aromatic nitrogens is 1. The molecular formula is C32H28ClN3O3S. The van der Waals surface area contributed by atoms with Crippen LogP contribution in [0.3, 0.4) is 0 Å². The van der Waals surface area contributed by atoms with E-state index in [1.54, 1.807) is 36.4 Å². The molecule has 40 heavy (non-hydrogen) atoms. The van der Waals surface area contributed by atoms with Gasteiger partial charge in [-0.05, 0) is 90.3 Å². The molecule has 0 radical (unpaired) electrons. The number of ether oxygens (including phenoxy) is 1. The molecule has 5 rings (SSSR count). The van der Waals surface area contributed by atoms with Crippen LogP contribution in [-0.4, -0.2) is 16.0 Å². The van der Waals surface area contributed by atoms with Gasteiger partial charge in [0.2, 0.25) is 5.89 Å². The van der Waals surface area contributed by atoms with Crippen LogP contribution in [0.15, 0.2) is 95.4 Å². The van der Waals surface area contributed by atoms with E-state index in [2.05, 4.69) is 41.6 Å². The number of carbonyl (C=O) groups is 1. The number of carbonyl (C=O) groups excluding carboxylic acids is 1. The molecule has 0 saturated carbocycles. The predicted octanol–water partition coefficient (Wildman–Crippen LogP) is 8.37. The summed E-state index contributed by atoms with van der Waals surface area (Å²) in [5.74, 6) is 1.23. The van der Waals surface area contributed by atoms with Crippen LogP contribution in [0, 0.1) is 0 Å². The Kier molecular flexibility index (Phi) is 8.43. The van der Waals surface area contributed by atoms with Crippen LogP contribution in [0.4, 0.5) is 5.69 Å². The van der Waals surface area contributed by atoms with Gasteiger partial charge in [0.25, 0.3) is 5.91 Å². The van der Waals surface area contributed by atoms with Crippen LogP contribution in [0.25, 0.3) is 22.6 Å². The summed E-state index contributed by atoms with van der Waals surface area (Å²) >= 11 is 11.8. The molecule has 0 fully saturated rings. The van der Waals surface area contributed by atoms with Crippen LogP contribution in [0.1, 0.15) is 47.7 Å². The van der Waals surface area contributed by atoms with Crippen molar-refractivity contribution in [3.63, 3.8) is 0 Å². The summed E-state index contributed by atoms with van der Waals surface area (Å²) in [5, 5.41) is 6.26. The number of nitrogens with one attached hydrogen (secondary N) is 2. The first-order valence-electron chi connectivity index (χ1n) is 13.0. The topological polar surface area (TPSA) is 76.4 Å². The molecule has 1 heterocycles. The molecule has 202 valence electrons. The summed E-state index contributed by atoms with van der Waals surface area (Å²) in [4.78, 5) is 17.5. The lowest BCUT2D eigenvalue weighted by Crippen LogP contribution is -2.34. The normalized spacial score (nSPS) is 11.7. The Hall–Kier alpha value is -4.20. The highest BCUT2D eigenvalue weighted by Crippen LogP contribution is 2.32. The van der Waals surface area contributed by atoms with Gasteiger partial charge in [-0.25, -0.2) is 4.98 Å². The van der Waals surface area contributed by atoms with Gasteiger partial charge in [-0.3, -0.25) is 10.1 Å². The number of anilines is 1. The monoisotopic (exact) mass is 569 g/mol. The maximum absolute atomic E-state index is 12.8. The van der Waals surface area contributed by atoms with E-state index in [0.29, 0.717) is 46.0 Å². The van der Waals surface area contributed by atoms with Gasteiger partial charge in [0.15, 0.2) is 10.7 Å². The maximum Gasteiger partial charge on any atom is 0.257 e. The van der Waals surface area contributed by atoms with Crippen LogP contribution < -0.4 is 15.4 Å². The number of hydrogen-bond acceptors (Lipinski definition) is 5. The van der Waals surface area contributed by atoms with Crippen molar-refractivity contribution < 1.29 is 13.9 Å². The van der Waals surface area contributed by atoms with E-state index in [-0.39, 0.29) is 11.0 Å². The van der Waals surface area contributed by atoms with Crippen LogP contribution in [0.2, 0.25) is 5.02 Å². The number of rotatable bonds is 8. The quantitative estimate of drug-likeness (QED) is 0.183. The number of halogens is 1. The molecule has 1 atom stereocenters. The Labute approximate surface area is 243 Å². The third kappa shape index (κ3) is 6.50. The lowest BCUT2D eigenvalue weighted by molar-refractivity contribution is 0.0977. The van der Waals surface area contributed by atoms with E-state index in [1.807, 2.05) is 42.5 Å². The molecule has 0 aliphatic carbocycles.